The van der Waals surface area contributed by atoms with Crippen molar-refractivity contribution in [2.24, 2.45) is 0 Å². The summed E-state index contributed by atoms with van der Waals surface area (Å²) in [5, 5.41) is 0. The first kappa shape index (κ1) is 13.1. The number of carbonyl (C=O) groups is 2. The van der Waals surface area contributed by atoms with Crippen molar-refractivity contribution in [1.29, 1.82) is 0 Å². The molecule has 7 heteroatoms. The molecule has 0 aliphatic carbocycles. The summed E-state index contributed by atoms with van der Waals surface area (Å²) in [6.07, 6.45) is -4.87. The topological polar surface area (TPSA) is 46.2 Å². The van der Waals surface area contributed by atoms with Crippen LogP contribution in [-0.2, 0) is 9.59 Å². The Balaban J connectivity index is 4.37. The maximum atomic E-state index is 11.8. The second-order valence-corrected chi connectivity index (χ2v) is 8.09. The Bertz CT molecular complexity index is 250. The van der Waals surface area contributed by atoms with Crippen LogP contribution in [0.5, 0.6) is 0 Å². The summed E-state index contributed by atoms with van der Waals surface area (Å²) in [6.45, 7) is 4.28. The van der Waals surface area contributed by atoms with Crippen LogP contribution in [-0.4, -0.2) is 26.1 Å². The molecule has 0 fully saturated rings. The highest BCUT2D eigenvalue weighted by Crippen LogP contribution is 2.16. The van der Waals surface area contributed by atoms with Gasteiger partial charge in [0.1, 0.15) is 5.78 Å². The lowest BCUT2D eigenvalue weighted by molar-refractivity contribution is -0.171. The molecule has 0 aliphatic rings. The third-order valence-electron chi connectivity index (χ3n) is 1.40. The molecule has 1 amide bonds. The zero-order valence-electron chi connectivity index (χ0n) is 8.16. The van der Waals surface area contributed by atoms with Crippen molar-refractivity contribution in [2.75, 3.05) is 0 Å². The summed E-state index contributed by atoms with van der Waals surface area (Å²) in [7, 11) is -2.61. The highest BCUT2D eigenvalue weighted by atomic mass is 28.3. The van der Waals surface area contributed by atoms with Gasteiger partial charge in [0.2, 0.25) is 0 Å². The molecule has 0 radical (unpaired) electrons. The van der Waals surface area contributed by atoms with E-state index in [1.165, 1.54) is 20.0 Å². The van der Waals surface area contributed by atoms with Gasteiger partial charge in [0, 0.05) is 6.04 Å². The smallest absolute Gasteiger partial charge is 0.374 e. The van der Waals surface area contributed by atoms with Crippen LogP contribution in [0.25, 0.3) is 0 Å². The van der Waals surface area contributed by atoms with Gasteiger partial charge in [0.05, 0.1) is 0 Å². The lowest BCUT2D eigenvalue weighted by Gasteiger charge is -2.22. The Labute approximate surface area is 80.8 Å². The first-order chi connectivity index (χ1) is 6.04. The lowest BCUT2D eigenvalue weighted by atomic mass is 10.5. The SMILES string of the molecule is CC(=O)C[Si](C)(C)NC(=O)C(F)(F)F. The second kappa shape index (κ2) is 4.12. The maximum absolute atomic E-state index is 11.8. The normalized spacial score (nSPS) is 12.4. The molecule has 0 spiro atoms. The monoisotopic (exact) mass is 227 g/mol. The summed E-state index contributed by atoms with van der Waals surface area (Å²) >= 11 is 0. The molecule has 0 bridgehead atoms. The van der Waals surface area contributed by atoms with E-state index in [1.54, 1.807) is 0 Å². The standard InChI is InChI=1S/C7H12F3NO2Si/c1-5(12)4-14(2,3)11-6(13)7(8,9)10/h4H2,1-3H3,(H,11,13). The Morgan fingerprint density at radius 3 is 2.00 bits per heavy atom. The highest BCUT2D eigenvalue weighted by molar-refractivity contribution is 6.79. The number of Topliss-reactive ketones (excluding diaryl/α,β-unsaturated/α-hetero) is 1. The summed E-state index contributed by atoms with van der Waals surface area (Å²) in [5.74, 6) is -2.18. The predicted octanol–water partition coefficient (Wildman–Crippen LogP) is 1.46. The van der Waals surface area contributed by atoms with Gasteiger partial charge in [-0.3, -0.25) is 4.79 Å². The zero-order chi connectivity index (χ0) is 11.6. The number of ketones is 1. The first-order valence-corrected chi connectivity index (χ1v) is 7.14. The fourth-order valence-electron chi connectivity index (χ4n) is 1.04. The number of nitrogens with one attached hydrogen (secondary N) is 1. The molecule has 0 aliphatic heterocycles. The van der Waals surface area contributed by atoms with E-state index in [0.29, 0.717) is 0 Å². The Hall–Kier alpha value is -0.853. The van der Waals surface area contributed by atoms with E-state index in [9.17, 15) is 22.8 Å². The quantitative estimate of drug-likeness (QED) is 0.742. The van der Waals surface area contributed by atoms with Crippen LogP contribution in [0.1, 0.15) is 6.92 Å². The fraction of sp³-hybridized carbons (Fsp3) is 0.714. The first-order valence-electron chi connectivity index (χ1n) is 3.93. The largest absolute Gasteiger partial charge is 0.470 e. The van der Waals surface area contributed by atoms with E-state index >= 15 is 0 Å². The van der Waals surface area contributed by atoms with Gasteiger partial charge >= 0.3 is 12.1 Å². The Morgan fingerprint density at radius 1 is 1.29 bits per heavy atom. The minimum absolute atomic E-state index is 0.00875. The third kappa shape index (κ3) is 5.00. The second-order valence-electron chi connectivity index (χ2n) is 3.71. The molecule has 0 rings (SSSR count). The van der Waals surface area contributed by atoms with Crippen LogP contribution in [0.4, 0.5) is 13.2 Å². The van der Waals surface area contributed by atoms with Crippen LogP contribution in [0.15, 0.2) is 0 Å². The molecule has 0 unspecified atom stereocenters. The molecule has 0 aromatic rings. The molecule has 1 N–H and O–H groups in total. The molecule has 82 valence electrons. The number of amides is 1. The molecule has 0 saturated heterocycles. The average molecular weight is 227 g/mol. The maximum Gasteiger partial charge on any atom is 0.470 e. The summed E-state index contributed by atoms with van der Waals surface area (Å²) < 4.78 is 35.5. The molecular formula is C7H12F3NO2Si. The minimum Gasteiger partial charge on any atom is -0.374 e. The number of hydrogen-bond acceptors (Lipinski definition) is 2. The van der Waals surface area contributed by atoms with Gasteiger partial charge in [-0.1, -0.05) is 13.1 Å². The number of carbonyl (C=O) groups excluding carboxylic acids is 2. The van der Waals surface area contributed by atoms with E-state index in [0.717, 1.165) is 0 Å². The van der Waals surface area contributed by atoms with Gasteiger partial charge in [-0.25, -0.2) is 0 Å². The van der Waals surface area contributed by atoms with Crippen molar-refractivity contribution in [3.63, 3.8) is 0 Å². The van der Waals surface area contributed by atoms with Gasteiger partial charge in [-0.05, 0) is 6.92 Å². The van der Waals surface area contributed by atoms with Gasteiger partial charge in [0.15, 0.2) is 8.24 Å². The molecule has 0 saturated carbocycles. The fourth-order valence-corrected chi connectivity index (χ4v) is 3.13. The molecule has 0 atom stereocenters. The van der Waals surface area contributed by atoms with Gasteiger partial charge in [-0.2, -0.15) is 13.2 Å². The number of rotatable bonds is 3. The van der Waals surface area contributed by atoms with Crippen molar-refractivity contribution in [1.82, 2.24) is 4.98 Å². The number of hydrogen-bond donors (Lipinski definition) is 1. The van der Waals surface area contributed by atoms with Crippen LogP contribution in [0.3, 0.4) is 0 Å². The molecule has 0 heterocycles. The highest BCUT2D eigenvalue weighted by Gasteiger charge is 2.41. The van der Waals surface area contributed by atoms with Crippen molar-refractivity contribution >= 4 is 19.9 Å². The van der Waals surface area contributed by atoms with E-state index < -0.39 is 20.3 Å². The van der Waals surface area contributed by atoms with Crippen LogP contribution < -0.4 is 4.98 Å². The molecule has 3 nitrogen and oxygen atoms in total. The minimum atomic E-state index is -4.87. The third-order valence-corrected chi connectivity index (χ3v) is 3.69. The molecule has 0 aromatic heterocycles. The van der Waals surface area contributed by atoms with E-state index in [-0.39, 0.29) is 11.8 Å². The van der Waals surface area contributed by atoms with Crippen LogP contribution in [0.2, 0.25) is 19.1 Å². The van der Waals surface area contributed by atoms with Crippen molar-refractivity contribution in [2.45, 2.75) is 32.2 Å². The van der Waals surface area contributed by atoms with Gasteiger partial charge in [0.25, 0.3) is 0 Å². The van der Waals surface area contributed by atoms with Gasteiger partial charge < -0.3 is 9.78 Å². The molecular weight excluding hydrogens is 215 g/mol. The zero-order valence-corrected chi connectivity index (χ0v) is 9.16. The van der Waals surface area contributed by atoms with Crippen LogP contribution >= 0.6 is 0 Å². The van der Waals surface area contributed by atoms with Crippen LogP contribution in [0, 0.1) is 0 Å². The van der Waals surface area contributed by atoms with Crippen molar-refractivity contribution in [3.05, 3.63) is 0 Å². The lowest BCUT2D eigenvalue weighted by Crippen LogP contribution is -2.53. The number of halogens is 3. The van der Waals surface area contributed by atoms with Gasteiger partial charge in [-0.15, -0.1) is 0 Å². The molecule has 14 heavy (non-hydrogen) atoms. The molecule has 0 aromatic carbocycles. The average Bonchev–Trinajstić information content (AvgIpc) is 1.79. The summed E-state index contributed by atoms with van der Waals surface area (Å²) in [6, 6.07) is 0.00875. The van der Waals surface area contributed by atoms with Crippen molar-refractivity contribution in [3.8, 4) is 0 Å². The Kier molecular flexibility index (Phi) is 3.87. The summed E-state index contributed by atoms with van der Waals surface area (Å²) in [4.78, 5) is 23.1. The van der Waals surface area contributed by atoms with Crippen molar-refractivity contribution < 1.29 is 22.8 Å². The Morgan fingerprint density at radius 2 is 1.71 bits per heavy atom. The summed E-state index contributed by atoms with van der Waals surface area (Å²) in [5.41, 5.74) is 0. The van der Waals surface area contributed by atoms with E-state index in [4.69, 9.17) is 0 Å². The van der Waals surface area contributed by atoms with E-state index in [1.807, 2.05) is 4.98 Å². The number of alkyl halides is 3. The predicted molar refractivity (Wildman–Crippen MR) is 47.2 cm³/mol. The van der Waals surface area contributed by atoms with E-state index in [2.05, 4.69) is 0 Å².